The van der Waals surface area contributed by atoms with Crippen LogP contribution >= 0.6 is 11.6 Å². The van der Waals surface area contributed by atoms with Gasteiger partial charge >= 0.3 is 11.9 Å². The number of carboxylic acid groups (broad SMARTS) is 1. The number of ether oxygens (including phenoxy) is 1. The average Bonchev–Trinajstić information content (AvgIpc) is 3.36. The number of quaternary nitrogens is 1. The Morgan fingerprint density at radius 1 is 0.597 bits per heavy atom. The number of likely N-dealkylation sites (tertiary alicyclic amines) is 1. The lowest BCUT2D eigenvalue weighted by Gasteiger charge is -2.48. The summed E-state index contributed by atoms with van der Waals surface area (Å²) in [6.07, 6.45) is 28.7. The summed E-state index contributed by atoms with van der Waals surface area (Å²) >= 11 is 6.20. The van der Waals surface area contributed by atoms with Crippen molar-refractivity contribution in [3.8, 4) is 0 Å². The molecule has 10 heteroatoms. The molecule has 1 saturated heterocycles. The predicted molar refractivity (Wildman–Crippen MR) is 295 cm³/mol. The second-order valence-corrected chi connectivity index (χ2v) is 23.1. The molecule has 0 bridgehead atoms. The van der Waals surface area contributed by atoms with Crippen molar-refractivity contribution in [2.45, 2.75) is 213 Å². The van der Waals surface area contributed by atoms with Crippen LogP contribution in [0.1, 0.15) is 219 Å². The Balaban J connectivity index is 0.000000794. The lowest BCUT2D eigenvalue weighted by Crippen LogP contribution is -3.00. The number of carbonyl (C=O) groups excluding carboxylic acids is 2. The van der Waals surface area contributed by atoms with Gasteiger partial charge in [0.2, 0.25) is 12.6 Å². The molecule has 406 valence electrons. The lowest BCUT2D eigenvalue weighted by atomic mass is 9.70. The minimum absolute atomic E-state index is 0. The van der Waals surface area contributed by atoms with Crippen LogP contribution < -0.4 is 24.0 Å². The number of rotatable bonds is 33. The number of aliphatic carboxylic acids is 1. The van der Waals surface area contributed by atoms with Crippen LogP contribution in [0.4, 0.5) is 0 Å². The van der Waals surface area contributed by atoms with Crippen molar-refractivity contribution >= 4 is 29.4 Å². The number of amides is 1. The summed E-state index contributed by atoms with van der Waals surface area (Å²) in [5.41, 5.74) is -0.372. The van der Waals surface area contributed by atoms with Crippen LogP contribution in [-0.2, 0) is 30.1 Å². The summed E-state index contributed by atoms with van der Waals surface area (Å²) in [5.74, 6) is -0.831. The zero-order chi connectivity index (χ0) is 52.2. The summed E-state index contributed by atoms with van der Waals surface area (Å²) in [5, 5.41) is 21.5. The van der Waals surface area contributed by atoms with Gasteiger partial charge in [0.25, 0.3) is 0 Å². The minimum atomic E-state index is -1.01. The molecule has 1 fully saturated rings. The Kier molecular flexibility index (Phi) is 30.6. The van der Waals surface area contributed by atoms with Gasteiger partial charge in [-0.1, -0.05) is 227 Å². The standard InChI is InChI=1S/C46H66ClN2O4.C16H32O2.HI/c1-6-7-8-9-10-11-12-13-14-21-30-44(2,3)43(51)53-37-49(34-31-45(52,32-35-49)38-26-28-41(47)29-27-38)36-33-46(42(50)48(4)5,39-22-17-15-18-23-39)40-24-19-16-20-25-40;1-4-5-6-7-8-9-10-11-12-13-14-16(2,3)15(17)18;/h15-20,22-29,52H,6-14,21,30-37H2,1-5H3;4-14H2,1-3H3,(H,17,18);1H/q+1;;/p-1. The van der Waals surface area contributed by atoms with E-state index < -0.39 is 27.8 Å². The van der Waals surface area contributed by atoms with Gasteiger partial charge in [0.1, 0.15) is 11.0 Å². The summed E-state index contributed by atoms with van der Waals surface area (Å²) in [6, 6.07) is 27.6. The molecule has 0 aromatic heterocycles. The smallest absolute Gasteiger partial charge is 0.315 e. The van der Waals surface area contributed by atoms with Crippen molar-refractivity contribution in [3.63, 3.8) is 0 Å². The molecule has 1 heterocycles. The summed E-state index contributed by atoms with van der Waals surface area (Å²) in [4.78, 5) is 40.9. The quantitative estimate of drug-likeness (QED) is 0.0273. The SMILES string of the molecule is CCCCCCCCCCCCC(C)(C)C(=O)O.CCCCCCCCCCCCC(C)(C)C(=O)OC[N+]1(CCC(C(=O)N(C)C)(c2ccccc2)c2ccccc2)CCC(O)(c2ccc(Cl)cc2)CC1.[I-]. The second kappa shape index (κ2) is 33.8. The zero-order valence-corrected chi connectivity index (χ0v) is 49.2. The van der Waals surface area contributed by atoms with E-state index in [4.69, 9.17) is 21.4 Å². The second-order valence-electron chi connectivity index (χ2n) is 22.6. The summed E-state index contributed by atoms with van der Waals surface area (Å²) in [7, 11) is 3.64. The van der Waals surface area contributed by atoms with E-state index in [0.717, 1.165) is 48.8 Å². The molecule has 0 unspecified atom stereocenters. The van der Waals surface area contributed by atoms with Crippen LogP contribution in [0.3, 0.4) is 0 Å². The maximum Gasteiger partial charge on any atom is 0.315 e. The molecular formula is C62H98ClIN2O6. The number of esters is 1. The van der Waals surface area contributed by atoms with E-state index in [1.165, 1.54) is 109 Å². The number of aliphatic hydroxyl groups is 1. The van der Waals surface area contributed by atoms with Crippen LogP contribution in [0.15, 0.2) is 84.9 Å². The van der Waals surface area contributed by atoms with Crippen LogP contribution in [0.2, 0.25) is 5.02 Å². The van der Waals surface area contributed by atoms with Gasteiger partial charge in [-0.3, -0.25) is 18.9 Å². The highest BCUT2D eigenvalue weighted by molar-refractivity contribution is 6.30. The highest BCUT2D eigenvalue weighted by Gasteiger charge is 2.49. The molecule has 8 nitrogen and oxygen atoms in total. The molecule has 3 aromatic rings. The number of halogens is 2. The number of carboxylic acids is 1. The molecular weight excluding hydrogens is 1030 g/mol. The number of unbranched alkanes of at least 4 members (excludes halogenated alkanes) is 18. The van der Waals surface area contributed by atoms with Crippen molar-refractivity contribution in [3.05, 3.63) is 107 Å². The lowest BCUT2D eigenvalue weighted by molar-refractivity contribution is -0.950. The number of carbonyl (C=O) groups is 3. The van der Waals surface area contributed by atoms with E-state index in [1.54, 1.807) is 4.90 Å². The molecule has 0 aliphatic carbocycles. The first-order valence-corrected chi connectivity index (χ1v) is 28.3. The first-order valence-electron chi connectivity index (χ1n) is 27.9. The van der Waals surface area contributed by atoms with E-state index in [0.29, 0.717) is 48.4 Å². The third-order valence-corrected chi connectivity index (χ3v) is 15.8. The molecule has 3 aromatic carbocycles. The third-order valence-electron chi connectivity index (χ3n) is 15.6. The predicted octanol–water partition coefficient (Wildman–Crippen LogP) is 12.9. The number of hydrogen-bond donors (Lipinski definition) is 2. The minimum Gasteiger partial charge on any atom is -1.00 e. The maximum absolute atomic E-state index is 14.5. The van der Waals surface area contributed by atoms with Gasteiger partial charge in [-0.25, -0.2) is 0 Å². The summed E-state index contributed by atoms with van der Waals surface area (Å²) < 4.78 is 6.78. The number of nitrogens with zero attached hydrogens (tertiary/aromatic N) is 2. The number of piperidine rings is 1. The highest BCUT2D eigenvalue weighted by atomic mass is 127. The largest absolute Gasteiger partial charge is 1.00 e. The third kappa shape index (κ3) is 21.7. The fourth-order valence-electron chi connectivity index (χ4n) is 10.3. The Hall–Kier alpha value is -2.99. The normalized spacial score (nSPS) is 17.0. The maximum atomic E-state index is 14.5. The molecule has 1 aliphatic rings. The topological polar surface area (TPSA) is 104 Å². The van der Waals surface area contributed by atoms with Crippen molar-refractivity contribution in [2.75, 3.05) is 40.5 Å². The van der Waals surface area contributed by atoms with Gasteiger partial charge in [0.15, 0.2) is 0 Å². The monoisotopic (exact) mass is 1130 g/mol. The van der Waals surface area contributed by atoms with Crippen molar-refractivity contribution < 1.29 is 57.8 Å². The molecule has 0 radical (unpaired) electrons. The van der Waals surface area contributed by atoms with E-state index >= 15 is 0 Å². The molecule has 1 amide bonds. The van der Waals surface area contributed by atoms with Crippen LogP contribution in [0.5, 0.6) is 0 Å². The van der Waals surface area contributed by atoms with Crippen molar-refractivity contribution in [1.29, 1.82) is 0 Å². The number of benzene rings is 3. The first-order chi connectivity index (χ1) is 33.9. The van der Waals surface area contributed by atoms with E-state index in [2.05, 4.69) is 13.8 Å². The van der Waals surface area contributed by atoms with Crippen molar-refractivity contribution in [1.82, 2.24) is 4.90 Å². The van der Waals surface area contributed by atoms with Gasteiger partial charge in [-0.2, -0.15) is 0 Å². The molecule has 2 N–H and O–H groups in total. The summed E-state index contributed by atoms with van der Waals surface area (Å²) in [6.45, 7) is 14.2. The van der Waals surface area contributed by atoms with Gasteiger partial charge < -0.3 is 43.8 Å². The van der Waals surface area contributed by atoms with Crippen LogP contribution in [0.25, 0.3) is 0 Å². The fraction of sp³-hybridized carbons (Fsp3) is 0.661. The van der Waals surface area contributed by atoms with E-state index in [-0.39, 0.29) is 42.6 Å². The molecule has 4 rings (SSSR count). The zero-order valence-electron chi connectivity index (χ0n) is 46.3. The number of hydrogen-bond acceptors (Lipinski definition) is 5. The Morgan fingerprint density at radius 3 is 1.38 bits per heavy atom. The molecule has 0 saturated carbocycles. The Bertz CT molecular complexity index is 1890. The van der Waals surface area contributed by atoms with Gasteiger partial charge in [-0.05, 0) is 69.4 Å². The highest BCUT2D eigenvalue weighted by Crippen LogP contribution is 2.42. The van der Waals surface area contributed by atoms with E-state index in [1.807, 2.05) is 127 Å². The van der Waals surface area contributed by atoms with Gasteiger partial charge in [-0.15, -0.1) is 0 Å². The number of likely N-dealkylation sites (N-methyl/N-ethyl adjacent to an activating group) is 1. The van der Waals surface area contributed by atoms with Crippen LogP contribution in [0, 0.1) is 10.8 Å². The Morgan fingerprint density at radius 2 is 0.986 bits per heavy atom. The molecule has 0 atom stereocenters. The van der Waals surface area contributed by atoms with Crippen LogP contribution in [-0.4, -0.2) is 77.9 Å². The van der Waals surface area contributed by atoms with E-state index in [9.17, 15) is 19.5 Å². The Labute approximate surface area is 460 Å². The average molecular weight is 1130 g/mol. The van der Waals surface area contributed by atoms with Crippen molar-refractivity contribution in [2.24, 2.45) is 10.8 Å². The first kappa shape index (κ1) is 65.1. The molecule has 0 spiro atoms. The fourth-order valence-corrected chi connectivity index (χ4v) is 10.4. The van der Waals surface area contributed by atoms with Gasteiger partial charge in [0.05, 0.1) is 30.5 Å². The molecule has 72 heavy (non-hydrogen) atoms. The van der Waals surface area contributed by atoms with Gasteiger partial charge in [0, 0.05) is 38.4 Å². The molecule has 1 aliphatic heterocycles.